The third-order valence-corrected chi connectivity index (χ3v) is 3.95. The van der Waals surface area contributed by atoms with E-state index in [0.29, 0.717) is 6.61 Å². The zero-order chi connectivity index (χ0) is 14.6. The maximum atomic E-state index is 6.47. The molecule has 0 bridgehead atoms. The number of nitrogens with two attached hydrogens (primary N) is 1. The molecule has 2 unspecified atom stereocenters. The predicted octanol–water partition coefficient (Wildman–Crippen LogP) is 3.52. The van der Waals surface area contributed by atoms with Crippen molar-refractivity contribution in [3.05, 3.63) is 28.8 Å². The predicted molar refractivity (Wildman–Crippen MR) is 79.7 cm³/mol. The van der Waals surface area contributed by atoms with Gasteiger partial charge in [-0.1, -0.05) is 13.0 Å². The highest BCUT2D eigenvalue weighted by atomic mass is 16.5. The molecule has 0 fully saturated rings. The Hall–Kier alpha value is -1.06. The zero-order valence-electron chi connectivity index (χ0n) is 13.0. The van der Waals surface area contributed by atoms with E-state index in [-0.39, 0.29) is 11.6 Å². The molecule has 19 heavy (non-hydrogen) atoms. The molecule has 0 spiro atoms. The Morgan fingerprint density at radius 3 is 2.32 bits per heavy atom. The lowest BCUT2D eigenvalue weighted by molar-refractivity contribution is -0.0473. The van der Waals surface area contributed by atoms with Gasteiger partial charge in [0.25, 0.3) is 0 Å². The first kappa shape index (κ1) is 16.0. The van der Waals surface area contributed by atoms with Crippen molar-refractivity contribution < 1.29 is 9.47 Å². The molecule has 2 atom stereocenters. The van der Waals surface area contributed by atoms with Gasteiger partial charge in [0.2, 0.25) is 0 Å². The van der Waals surface area contributed by atoms with Crippen molar-refractivity contribution in [3.63, 3.8) is 0 Å². The lowest BCUT2D eigenvalue weighted by atomic mass is 9.85. The summed E-state index contributed by atoms with van der Waals surface area (Å²) in [4.78, 5) is 0. The SMILES string of the molecule is CCOC(C)(CC)C(N)c1cc(C)c(OC)cc1C. The first-order chi connectivity index (χ1) is 8.89. The van der Waals surface area contributed by atoms with E-state index in [1.54, 1.807) is 7.11 Å². The van der Waals surface area contributed by atoms with Gasteiger partial charge in [-0.3, -0.25) is 0 Å². The van der Waals surface area contributed by atoms with Crippen molar-refractivity contribution >= 4 is 0 Å². The van der Waals surface area contributed by atoms with Crippen LogP contribution in [0.1, 0.15) is 49.9 Å². The number of methoxy groups -OCH3 is 1. The molecule has 108 valence electrons. The fourth-order valence-electron chi connectivity index (χ4n) is 2.44. The average molecular weight is 265 g/mol. The van der Waals surface area contributed by atoms with Crippen molar-refractivity contribution in [1.29, 1.82) is 0 Å². The van der Waals surface area contributed by atoms with Crippen molar-refractivity contribution in [2.24, 2.45) is 5.73 Å². The van der Waals surface area contributed by atoms with Crippen LogP contribution in [-0.4, -0.2) is 19.3 Å². The number of aryl methyl sites for hydroxylation is 2. The highest BCUT2D eigenvalue weighted by Crippen LogP contribution is 2.34. The second-order valence-electron chi connectivity index (χ2n) is 5.26. The highest BCUT2D eigenvalue weighted by Gasteiger charge is 2.32. The zero-order valence-corrected chi connectivity index (χ0v) is 13.0. The Balaban J connectivity index is 3.18. The maximum absolute atomic E-state index is 6.47. The van der Waals surface area contributed by atoms with Crippen LogP contribution in [0, 0.1) is 13.8 Å². The van der Waals surface area contributed by atoms with E-state index in [1.165, 1.54) is 0 Å². The van der Waals surface area contributed by atoms with Crippen LogP contribution in [0.2, 0.25) is 0 Å². The van der Waals surface area contributed by atoms with E-state index < -0.39 is 0 Å². The summed E-state index contributed by atoms with van der Waals surface area (Å²) in [7, 11) is 1.69. The summed E-state index contributed by atoms with van der Waals surface area (Å²) in [6, 6.07) is 4.03. The first-order valence-electron chi connectivity index (χ1n) is 6.94. The van der Waals surface area contributed by atoms with Gasteiger partial charge in [0.15, 0.2) is 0 Å². The van der Waals surface area contributed by atoms with Gasteiger partial charge in [-0.2, -0.15) is 0 Å². The lowest BCUT2D eigenvalue weighted by Crippen LogP contribution is -2.41. The maximum Gasteiger partial charge on any atom is 0.122 e. The van der Waals surface area contributed by atoms with Crippen LogP contribution in [-0.2, 0) is 4.74 Å². The van der Waals surface area contributed by atoms with Crippen molar-refractivity contribution in [3.8, 4) is 5.75 Å². The minimum absolute atomic E-state index is 0.137. The van der Waals surface area contributed by atoms with Crippen LogP contribution in [0.3, 0.4) is 0 Å². The molecule has 1 rings (SSSR count). The van der Waals surface area contributed by atoms with Crippen molar-refractivity contribution in [1.82, 2.24) is 0 Å². The van der Waals surface area contributed by atoms with Gasteiger partial charge in [-0.25, -0.2) is 0 Å². The minimum Gasteiger partial charge on any atom is -0.496 e. The fourth-order valence-corrected chi connectivity index (χ4v) is 2.44. The van der Waals surface area contributed by atoms with Gasteiger partial charge >= 0.3 is 0 Å². The summed E-state index contributed by atoms with van der Waals surface area (Å²) >= 11 is 0. The normalized spacial score (nSPS) is 15.9. The quantitative estimate of drug-likeness (QED) is 0.856. The molecule has 0 heterocycles. The smallest absolute Gasteiger partial charge is 0.122 e. The summed E-state index contributed by atoms with van der Waals surface area (Å²) in [5.41, 5.74) is 9.52. The first-order valence-corrected chi connectivity index (χ1v) is 6.94. The Bertz CT molecular complexity index is 431. The molecular formula is C16H27NO2. The number of hydrogen-bond acceptors (Lipinski definition) is 3. The monoisotopic (exact) mass is 265 g/mol. The molecule has 0 saturated heterocycles. The molecule has 0 aliphatic carbocycles. The summed E-state index contributed by atoms with van der Waals surface area (Å²) in [5, 5.41) is 0. The van der Waals surface area contributed by atoms with Crippen molar-refractivity contribution in [2.75, 3.05) is 13.7 Å². The Labute approximate surface area is 117 Å². The molecule has 1 aromatic rings. The Morgan fingerprint density at radius 1 is 1.21 bits per heavy atom. The summed E-state index contributed by atoms with van der Waals surface area (Å²) in [6.45, 7) is 11.0. The van der Waals surface area contributed by atoms with Crippen LogP contribution in [0.25, 0.3) is 0 Å². The van der Waals surface area contributed by atoms with E-state index >= 15 is 0 Å². The third-order valence-electron chi connectivity index (χ3n) is 3.95. The molecule has 0 amide bonds. The number of ether oxygens (including phenoxy) is 2. The number of benzene rings is 1. The standard InChI is InChI=1S/C16H27NO2/c1-7-16(5,19-8-2)15(17)13-9-12(4)14(18-6)10-11(13)3/h9-10,15H,7-8,17H2,1-6H3. The van der Waals surface area contributed by atoms with Crippen LogP contribution in [0.4, 0.5) is 0 Å². The molecule has 2 N–H and O–H groups in total. The summed E-state index contributed by atoms with van der Waals surface area (Å²) in [6.07, 6.45) is 0.881. The van der Waals surface area contributed by atoms with Gasteiger partial charge < -0.3 is 15.2 Å². The van der Waals surface area contributed by atoms with E-state index in [2.05, 4.69) is 26.8 Å². The molecule has 0 aliphatic rings. The van der Waals surface area contributed by atoms with Gasteiger partial charge in [0.05, 0.1) is 18.8 Å². The van der Waals surface area contributed by atoms with Crippen LogP contribution in [0.5, 0.6) is 5.75 Å². The second kappa shape index (κ2) is 6.40. The molecule has 3 heteroatoms. The lowest BCUT2D eigenvalue weighted by Gasteiger charge is -2.35. The van der Waals surface area contributed by atoms with E-state index in [1.807, 2.05) is 19.9 Å². The molecular weight excluding hydrogens is 238 g/mol. The molecule has 0 radical (unpaired) electrons. The highest BCUT2D eigenvalue weighted by molar-refractivity contribution is 5.43. The molecule has 0 aromatic heterocycles. The van der Waals surface area contributed by atoms with Crippen LogP contribution < -0.4 is 10.5 Å². The van der Waals surface area contributed by atoms with Crippen molar-refractivity contribution in [2.45, 2.75) is 52.7 Å². The van der Waals surface area contributed by atoms with Crippen LogP contribution in [0.15, 0.2) is 12.1 Å². The topological polar surface area (TPSA) is 44.5 Å². The van der Waals surface area contributed by atoms with E-state index in [0.717, 1.165) is 28.9 Å². The molecule has 1 aromatic carbocycles. The Morgan fingerprint density at radius 2 is 1.84 bits per heavy atom. The molecule has 0 saturated carbocycles. The van der Waals surface area contributed by atoms with E-state index in [9.17, 15) is 0 Å². The average Bonchev–Trinajstić information content (AvgIpc) is 2.40. The second-order valence-corrected chi connectivity index (χ2v) is 5.26. The largest absolute Gasteiger partial charge is 0.496 e. The number of hydrogen-bond donors (Lipinski definition) is 1. The van der Waals surface area contributed by atoms with Gasteiger partial charge in [-0.05, 0) is 56.9 Å². The van der Waals surface area contributed by atoms with Gasteiger partial charge in [0.1, 0.15) is 5.75 Å². The summed E-state index contributed by atoms with van der Waals surface area (Å²) < 4.78 is 11.2. The number of rotatable bonds is 6. The van der Waals surface area contributed by atoms with Crippen LogP contribution >= 0.6 is 0 Å². The van der Waals surface area contributed by atoms with Gasteiger partial charge in [0, 0.05) is 6.61 Å². The summed E-state index contributed by atoms with van der Waals surface area (Å²) in [5.74, 6) is 0.906. The molecule has 3 nitrogen and oxygen atoms in total. The van der Waals surface area contributed by atoms with E-state index in [4.69, 9.17) is 15.2 Å². The Kier molecular flexibility index (Phi) is 5.39. The minimum atomic E-state index is -0.333. The molecule has 0 aliphatic heterocycles. The van der Waals surface area contributed by atoms with Gasteiger partial charge in [-0.15, -0.1) is 0 Å². The fraction of sp³-hybridized carbons (Fsp3) is 0.625. The third kappa shape index (κ3) is 3.28.